The van der Waals surface area contributed by atoms with Crippen LogP contribution in [-0.4, -0.2) is 45.0 Å². The van der Waals surface area contributed by atoms with Gasteiger partial charge in [0.05, 0.1) is 0 Å². The van der Waals surface area contributed by atoms with Crippen LogP contribution in [0.4, 0.5) is 0 Å². The fraction of sp³-hybridized carbons (Fsp3) is 0.500. The second kappa shape index (κ2) is 5.89. The number of aromatic nitrogens is 2. The first-order valence-corrected chi connectivity index (χ1v) is 8.01. The SMILES string of the molecule is CCC1(CO)CCN(C(=O)c2c(Cl)nc3ccccn23)CC1. The van der Waals surface area contributed by atoms with Crippen LogP contribution in [0.3, 0.4) is 0 Å². The minimum atomic E-state index is -0.0913. The van der Waals surface area contributed by atoms with Crippen LogP contribution in [0.2, 0.25) is 5.15 Å². The molecular formula is C16H20ClN3O2. The molecule has 0 unspecified atom stereocenters. The van der Waals surface area contributed by atoms with Crippen molar-refractivity contribution in [1.29, 1.82) is 0 Å². The Bertz CT molecular complexity index is 684. The van der Waals surface area contributed by atoms with Gasteiger partial charge in [0.2, 0.25) is 0 Å². The van der Waals surface area contributed by atoms with Crippen LogP contribution in [0.5, 0.6) is 0 Å². The van der Waals surface area contributed by atoms with Crippen molar-refractivity contribution in [2.24, 2.45) is 5.41 Å². The second-order valence-electron chi connectivity index (χ2n) is 5.98. The van der Waals surface area contributed by atoms with E-state index < -0.39 is 0 Å². The smallest absolute Gasteiger partial charge is 0.274 e. The molecule has 1 saturated heterocycles. The summed E-state index contributed by atoms with van der Waals surface area (Å²) in [4.78, 5) is 18.8. The topological polar surface area (TPSA) is 57.8 Å². The fourth-order valence-electron chi connectivity index (χ4n) is 3.12. The number of pyridine rings is 1. The van der Waals surface area contributed by atoms with E-state index in [1.165, 1.54) is 0 Å². The first kappa shape index (κ1) is 15.3. The number of nitrogens with zero attached hydrogens (tertiary/aromatic N) is 3. The Morgan fingerprint density at radius 2 is 2.14 bits per heavy atom. The van der Waals surface area contributed by atoms with Crippen molar-refractivity contribution in [3.05, 3.63) is 35.2 Å². The molecule has 3 rings (SSSR count). The summed E-state index contributed by atoms with van der Waals surface area (Å²) < 4.78 is 1.73. The van der Waals surface area contributed by atoms with Gasteiger partial charge in [-0.2, -0.15) is 0 Å². The fourth-order valence-corrected chi connectivity index (χ4v) is 3.37. The summed E-state index contributed by atoms with van der Waals surface area (Å²) in [6.07, 6.45) is 4.37. The molecule has 6 heteroatoms. The number of fused-ring (bicyclic) bond motifs is 1. The zero-order valence-electron chi connectivity index (χ0n) is 12.6. The summed E-state index contributed by atoms with van der Waals surface area (Å²) in [6.45, 7) is 3.56. The lowest BCUT2D eigenvalue weighted by Gasteiger charge is -2.40. The zero-order valence-corrected chi connectivity index (χ0v) is 13.4. The number of likely N-dealkylation sites (tertiary alicyclic amines) is 1. The number of hydrogen-bond donors (Lipinski definition) is 1. The molecule has 2 aromatic rings. The van der Waals surface area contributed by atoms with Gasteiger partial charge >= 0.3 is 0 Å². The summed E-state index contributed by atoms with van der Waals surface area (Å²) in [5.41, 5.74) is 1.05. The monoisotopic (exact) mass is 321 g/mol. The van der Waals surface area contributed by atoms with Crippen molar-refractivity contribution in [2.75, 3.05) is 19.7 Å². The minimum absolute atomic E-state index is 0.0416. The van der Waals surface area contributed by atoms with Crippen molar-refractivity contribution in [1.82, 2.24) is 14.3 Å². The number of piperidine rings is 1. The molecule has 1 amide bonds. The van der Waals surface area contributed by atoms with E-state index >= 15 is 0 Å². The number of aliphatic hydroxyl groups excluding tert-OH is 1. The van der Waals surface area contributed by atoms with Gasteiger partial charge in [-0.05, 0) is 36.8 Å². The van der Waals surface area contributed by atoms with Gasteiger partial charge < -0.3 is 10.0 Å². The zero-order chi connectivity index (χ0) is 15.7. The molecular weight excluding hydrogens is 302 g/mol. The summed E-state index contributed by atoms with van der Waals surface area (Å²) in [6, 6.07) is 5.54. The van der Waals surface area contributed by atoms with E-state index in [1.807, 2.05) is 23.1 Å². The average molecular weight is 322 g/mol. The van der Waals surface area contributed by atoms with E-state index in [9.17, 15) is 9.90 Å². The number of aliphatic hydroxyl groups is 1. The van der Waals surface area contributed by atoms with Crippen molar-refractivity contribution < 1.29 is 9.90 Å². The van der Waals surface area contributed by atoms with Crippen LogP contribution >= 0.6 is 11.6 Å². The Morgan fingerprint density at radius 1 is 1.41 bits per heavy atom. The Morgan fingerprint density at radius 3 is 2.77 bits per heavy atom. The molecule has 118 valence electrons. The van der Waals surface area contributed by atoms with Gasteiger partial charge in [0.1, 0.15) is 5.65 Å². The van der Waals surface area contributed by atoms with E-state index in [1.54, 1.807) is 10.6 Å². The lowest BCUT2D eigenvalue weighted by Crippen LogP contribution is -2.44. The highest BCUT2D eigenvalue weighted by Crippen LogP contribution is 2.35. The molecule has 1 fully saturated rings. The number of carbonyl (C=O) groups excluding carboxylic acids is 1. The highest BCUT2D eigenvalue weighted by molar-refractivity contribution is 6.32. The average Bonchev–Trinajstić information content (AvgIpc) is 2.90. The number of imidazole rings is 1. The van der Waals surface area contributed by atoms with Gasteiger partial charge in [-0.3, -0.25) is 9.20 Å². The number of carbonyl (C=O) groups is 1. The second-order valence-corrected chi connectivity index (χ2v) is 6.34. The minimum Gasteiger partial charge on any atom is -0.396 e. The first-order valence-electron chi connectivity index (χ1n) is 7.63. The Balaban J connectivity index is 1.84. The molecule has 0 aliphatic carbocycles. The van der Waals surface area contributed by atoms with Crippen LogP contribution in [0.25, 0.3) is 5.65 Å². The Hall–Kier alpha value is -1.59. The maximum atomic E-state index is 12.8. The number of amides is 1. The molecule has 5 nitrogen and oxygen atoms in total. The first-order chi connectivity index (χ1) is 10.6. The highest BCUT2D eigenvalue weighted by atomic mass is 35.5. The van der Waals surface area contributed by atoms with Crippen molar-refractivity contribution in [2.45, 2.75) is 26.2 Å². The molecule has 3 heterocycles. The van der Waals surface area contributed by atoms with E-state index in [-0.39, 0.29) is 23.1 Å². The largest absolute Gasteiger partial charge is 0.396 e. The van der Waals surface area contributed by atoms with Crippen LogP contribution in [0, 0.1) is 5.41 Å². The standard InChI is InChI=1S/C16H20ClN3O2/c1-2-16(11-21)6-9-19(10-7-16)15(22)13-14(17)18-12-5-3-4-8-20(12)13/h3-5,8,21H,2,6-7,9-11H2,1H3. The summed E-state index contributed by atoms with van der Waals surface area (Å²) in [5.74, 6) is -0.0913. The molecule has 0 atom stereocenters. The van der Waals surface area contributed by atoms with Crippen LogP contribution in [0.15, 0.2) is 24.4 Å². The molecule has 22 heavy (non-hydrogen) atoms. The van der Waals surface area contributed by atoms with Gasteiger partial charge in [0.15, 0.2) is 10.8 Å². The van der Waals surface area contributed by atoms with Crippen molar-refractivity contribution in [3.8, 4) is 0 Å². The van der Waals surface area contributed by atoms with Crippen molar-refractivity contribution in [3.63, 3.8) is 0 Å². The van der Waals surface area contributed by atoms with Crippen molar-refractivity contribution >= 4 is 23.2 Å². The maximum Gasteiger partial charge on any atom is 0.274 e. The van der Waals surface area contributed by atoms with Crippen LogP contribution < -0.4 is 0 Å². The van der Waals surface area contributed by atoms with E-state index in [0.29, 0.717) is 24.4 Å². The maximum absolute atomic E-state index is 12.8. The number of rotatable bonds is 3. The quantitative estimate of drug-likeness (QED) is 0.945. The van der Waals surface area contributed by atoms with E-state index in [4.69, 9.17) is 11.6 Å². The predicted octanol–water partition coefficient (Wildman–Crippen LogP) is 2.61. The lowest BCUT2D eigenvalue weighted by atomic mass is 9.77. The van der Waals surface area contributed by atoms with E-state index in [0.717, 1.165) is 19.3 Å². The Labute approximate surface area is 134 Å². The van der Waals surface area contributed by atoms with Crippen LogP contribution in [0.1, 0.15) is 36.7 Å². The lowest BCUT2D eigenvalue weighted by molar-refractivity contribution is 0.0334. The molecule has 2 aromatic heterocycles. The van der Waals surface area contributed by atoms with Gasteiger partial charge in [0, 0.05) is 25.9 Å². The summed E-state index contributed by atoms with van der Waals surface area (Å²) >= 11 is 6.17. The van der Waals surface area contributed by atoms with Gasteiger partial charge in [-0.1, -0.05) is 24.6 Å². The molecule has 1 aliphatic rings. The highest BCUT2D eigenvalue weighted by Gasteiger charge is 2.35. The van der Waals surface area contributed by atoms with Gasteiger partial charge in [-0.25, -0.2) is 4.98 Å². The number of hydrogen-bond acceptors (Lipinski definition) is 3. The molecule has 1 N–H and O–H groups in total. The van der Waals surface area contributed by atoms with Gasteiger partial charge in [-0.15, -0.1) is 0 Å². The third kappa shape index (κ3) is 2.48. The predicted molar refractivity (Wildman–Crippen MR) is 85.1 cm³/mol. The molecule has 0 spiro atoms. The summed E-state index contributed by atoms with van der Waals surface area (Å²) in [7, 11) is 0. The molecule has 0 radical (unpaired) electrons. The third-order valence-corrected chi connectivity index (χ3v) is 5.15. The number of halogens is 1. The molecule has 0 bridgehead atoms. The summed E-state index contributed by atoms with van der Waals surface area (Å²) in [5, 5.41) is 9.84. The normalized spacial score (nSPS) is 17.9. The third-order valence-electron chi connectivity index (χ3n) is 4.89. The van der Waals surface area contributed by atoms with E-state index in [2.05, 4.69) is 11.9 Å². The van der Waals surface area contributed by atoms with Crippen LogP contribution in [-0.2, 0) is 0 Å². The molecule has 1 aliphatic heterocycles. The van der Waals surface area contributed by atoms with Gasteiger partial charge in [0.25, 0.3) is 5.91 Å². The molecule has 0 saturated carbocycles. The molecule has 0 aromatic carbocycles. The Kier molecular flexibility index (Phi) is 4.10.